The summed E-state index contributed by atoms with van der Waals surface area (Å²) in [7, 11) is 1.42. The van der Waals surface area contributed by atoms with E-state index in [4.69, 9.17) is 9.84 Å². The summed E-state index contributed by atoms with van der Waals surface area (Å²) in [6, 6.07) is 7.44. The average molecular weight is 306 g/mol. The number of carbonyl (C=O) groups is 1. The maximum atomic E-state index is 11.1. The number of pyridine rings is 1. The van der Waals surface area contributed by atoms with E-state index in [1.165, 1.54) is 25.4 Å². The third kappa shape index (κ3) is 3.48. The Morgan fingerprint density at radius 2 is 2.14 bits per heavy atom. The van der Waals surface area contributed by atoms with Crippen molar-refractivity contribution in [2.45, 2.75) is 9.79 Å². The van der Waals surface area contributed by atoms with Crippen LogP contribution in [-0.2, 0) is 0 Å². The minimum absolute atomic E-state index is 0.104. The van der Waals surface area contributed by atoms with E-state index in [9.17, 15) is 14.9 Å². The van der Waals surface area contributed by atoms with E-state index in [0.29, 0.717) is 15.5 Å². The summed E-state index contributed by atoms with van der Waals surface area (Å²) in [4.78, 5) is 26.1. The fraction of sp³-hybridized carbons (Fsp3) is 0.0769. The van der Waals surface area contributed by atoms with Gasteiger partial charge in [-0.15, -0.1) is 0 Å². The van der Waals surface area contributed by atoms with Crippen LogP contribution in [0.2, 0.25) is 0 Å². The number of nitro groups is 1. The number of methoxy groups -OCH3 is 1. The van der Waals surface area contributed by atoms with Crippen LogP contribution in [0.3, 0.4) is 0 Å². The standard InChI is InChI=1S/C13H10N2O5S/c1-20-8-2-3-12(11(6-8)15(18)19)21-9-4-5-14-10(7-9)13(16)17/h2-7H,1H3,(H,16,17). The molecule has 0 atom stereocenters. The van der Waals surface area contributed by atoms with Gasteiger partial charge in [-0.3, -0.25) is 10.1 Å². The number of nitrogens with zero attached hydrogens (tertiary/aromatic N) is 2. The predicted octanol–water partition coefficient (Wildman–Crippen LogP) is 2.85. The highest BCUT2D eigenvalue weighted by molar-refractivity contribution is 7.99. The quantitative estimate of drug-likeness (QED) is 0.669. The first kappa shape index (κ1) is 14.8. The summed E-state index contributed by atoms with van der Waals surface area (Å²) in [5.74, 6) is -0.770. The van der Waals surface area contributed by atoms with Crippen molar-refractivity contribution in [1.29, 1.82) is 0 Å². The van der Waals surface area contributed by atoms with Gasteiger partial charge in [0.25, 0.3) is 5.69 Å². The van der Waals surface area contributed by atoms with Gasteiger partial charge in [0, 0.05) is 11.1 Å². The third-order valence-corrected chi connectivity index (χ3v) is 3.60. The molecule has 0 saturated carbocycles. The fourth-order valence-corrected chi connectivity index (χ4v) is 2.50. The van der Waals surface area contributed by atoms with E-state index in [2.05, 4.69) is 4.98 Å². The Balaban J connectivity index is 2.37. The van der Waals surface area contributed by atoms with Crippen molar-refractivity contribution in [1.82, 2.24) is 4.98 Å². The number of carboxylic acids is 1. The van der Waals surface area contributed by atoms with Gasteiger partial charge < -0.3 is 9.84 Å². The molecule has 0 saturated heterocycles. The van der Waals surface area contributed by atoms with Crippen LogP contribution in [-0.4, -0.2) is 28.1 Å². The van der Waals surface area contributed by atoms with Crippen LogP contribution in [0.15, 0.2) is 46.3 Å². The summed E-state index contributed by atoms with van der Waals surface area (Å²) in [6.07, 6.45) is 1.35. The molecule has 7 nitrogen and oxygen atoms in total. The number of hydrogen-bond donors (Lipinski definition) is 1. The van der Waals surface area contributed by atoms with Crippen LogP contribution in [0.25, 0.3) is 0 Å². The van der Waals surface area contributed by atoms with Crippen molar-refractivity contribution in [2.24, 2.45) is 0 Å². The molecule has 0 bridgehead atoms. The van der Waals surface area contributed by atoms with Crippen LogP contribution < -0.4 is 4.74 Å². The third-order valence-electron chi connectivity index (χ3n) is 2.54. The van der Waals surface area contributed by atoms with Gasteiger partial charge in [-0.1, -0.05) is 11.8 Å². The molecule has 1 heterocycles. The highest BCUT2D eigenvalue weighted by Crippen LogP contribution is 2.36. The molecule has 8 heteroatoms. The fourth-order valence-electron chi connectivity index (χ4n) is 1.57. The van der Waals surface area contributed by atoms with E-state index >= 15 is 0 Å². The second-order valence-corrected chi connectivity index (χ2v) is 4.99. The molecule has 0 amide bonds. The van der Waals surface area contributed by atoms with Crippen molar-refractivity contribution in [3.63, 3.8) is 0 Å². The van der Waals surface area contributed by atoms with Crippen molar-refractivity contribution in [3.8, 4) is 5.75 Å². The van der Waals surface area contributed by atoms with E-state index in [0.717, 1.165) is 11.8 Å². The number of aromatic carboxylic acids is 1. The number of aromatic nitrogens is 1. The van der Waals surface area contributed by atoms with Crippen molar-refractivity contribution < 1.29 is 19.6 Å². The predicted molar refractivity (Wildman–Crippen MR) is 75.0 cm³/mol. The lowest BCUT2D eigenvalue weighted by molar-refractivity contribution is -0.387. The van der Waals surface area contributed by atoms with Crippen LogP contribution >= 0.6 is 11.8 Å². The molecule has 0 spiro atoms. The number of benzene rings is 1. The Hall–Kier alpha value is -2.61. The summed E-state index contributed by atoms with van der Waals surface area (Å²) in [5.41, 5.74) is -0.218. The zero-order valence-corrected chi connectivity index (χ0v) is 11.7. The Morgan fingerprint density at radius 1 is 1.38 bits per heavy atom. The Kier molecular flexibility index (Phi) is 4.39. The van der Waals surface area contributed by atoms with Crippen LogP contribution in [0.1, 0.15) is 10.5 Å². The van der Waals surface area contributed by atoms with Gasteiger partial charge >= 0.3 is 5.97 Å². The van der Waals surface area contributed by atoms with E-state index in [1.54, 1.807) is 18.2 Å². The minimum Gasteiger partial charge on any atom is -0.497 e. The topological polar surface area (TPSA) is 103 Å². The lowest BCUT2D eigenvalue weighted by Gasteiger charge is -2.05. The zero-order chi connectivity index (χ0) is 15.4. The van der Waals surface area contributed by atoms with Crippen molar-refractivity contribution in [2.75, 3.05) is 7.11 Å². The maximum Gasteiger partial charge on any atom is 0.354 e. The smallest absolute Gasteiger partial charge is 0.354 e. The second kappa shape index (κ2) is 6.23. The van der Waals surface area contributed by atoms with E-state index < -0.39 is 10.9 Å². The number of carboxylic acid groups (broad SMARTS) is 1. The molecule has 0 aliphatic carbocycles. The first-order chi connectivity index (χ1) is 10.0. The van der Waals surface area contributed by atoms with Crippen LogP contribution in [0.5, 0.6) is 5.75 Å². The molecule has 0 radical (unpaired) electrons. The van der Waals surface area contributed by atoms with Crippen LogP contribution in [0, 0.1) is 10.1 Å². The lowest BCUT2D eigenvalue weighted by atomic mass is 10.3. The van der Waals surface area contributed by atoms with Gasteiger partial charge in [-0.05, 0) is 24.3 Å². The van der Waals surface area contributed by atoms with Gasteiger partial charge in [-0.25, -0.2) is 9.78 Å². The molecular formula is C13H10N2O5S. The van der Waals surface area contributed by atoms with Crippen molar-refractivity contribution in [3.05, 3.63) is 52.3 Å². The molecule has 1 N–H and O–H groups in total. The molecule has 2 aromatic rings. The number of ether oxygens (including phenoxy) is 1. The molecule has 108 valence electrons. The summed E-state index contributed by atoms with van der Waals surface area (Å²) in [6.45, 7) is 0. The van der Waals surface area contributed by atoms with Crippen molar-refractivity contribution >= 4 is 23.4 Å². The Bertz CT molecular complexity index is 705. The molecule has 1 aromatic heterocycles. The highest BCUT2D eigenvalue weighted by Gasteiger charge is 2.17. The van der Waals surface area contributed by atoms with Gasteiger partial charge in [-0.2, -0.15) is 0 Å². The molecule has 21 heavy (non-hydrogen) atoms. The first-order valence-electron chi connectivity index (χ1n) is 5.71. The van der Waals surface area contributed by atoms with Gasteiger partial charge in [0.2, 0.25) is 0 Å². The van der Waals surface area contributed by atoms with E-state index in [-0.39, 0.29) is 11.4 Å². The number of nitro benzene ring substituents is 1. The Morgan fingerprint density at radius 3 is 2.76 bits per heavy atom. The molecule has 1 aromatic carbocycles. The zero-order valence-electron chi connectivity index (χ0n) is 10.8. The van der Waals surface area contributed by atoms with Gasteiger partial charge in [0.1, 0.15) is 11.4 Å². The first-order valence-corrected chi connectivity index (χ1v) is 6.52. The molecular weight excluding hydrogens is 296 g/mol. The summed E-state index contributed by atoms with van der Waals surface area (Å²) < 4.78 is 4.96. The largest absolute Gasteiger partial charge is 0.497 e. The normalized spacial score (nSPS) is 10.1. The maximum absolute atomic E-state index is 11.1. The lowest BCUT2D eigenvalue weighted by Crippen LogP contribution is -1.99. The second-order valence-electron chi connectivity index (χ2n) is 3.87. The van der Waals surface area contributed by atoms with Crippen LogP contribution in [0.4, 0.5) is 5.69 Å². The average Bonchev–Trinajstić information content (AvgIpc) is 2.47. The number of rotatable bonds is 5. The van der Waals surface area contributed by atoms with Gasteiger partial charge in [0.05, 0.1) is 23.0 Å². The molecule has 0 aliphatic heterocycles. The monoisotopic (exact) mass is 306 g/mol. The molecule has 0 aliphatic rings. The minimum atomic E-state index is -1.15. The van der Waals surface area contributed by atoms with E-state index in [1.807, 2.05) is 0 Å². The Labute approximate surface area is 123 Å². The SMILES string of the molecule is COc1ccc(Sc2ccnc(C(=O)O)c2)c([N+](=O)[O-])c1. The summed E-state index contributed by atoms with van der Waals surface area (Å²) in [5, 5.41) is 20.0. The number of hydrogen-bond acceptors (Lipinski definition) is 6. The molecule has 0 unspecified atom stereocenters. The van der Waals surface area contributed by atoms with Gasteiger partial charge in [0.15, 0.2) is 0 Å². The molecule has 0 fully saturated rings. The summed E-state index contributed by atoms with van der Waals surface area (Å²) >= 11 is 1.09. The molecule has 2 rings (SSSR count). The highest BCUT2D eigenvalue weighted by atomic mass is 32.2.